The number of halogens is 4. The van der Waals surface area contributed by atoms with Crippen molar-refractivity contribution in [3.63, 3.8) is 0 Å². The van der Waals surface area contributed by atoms with Gasteiger partial charge in [0.1, 0.15) is 18.1 Å². The second kappa shape index (κ2) is 11.7. The Hall–Kier alpha value is -2.66. The van der Waals surface area contributed by atoms with Crippen molar-refractivity contribution in [2.45, 2.75) is 17.3 Å². The first kappa shape index (κ1) is 26.0. The van der Waals surface area contributed by atoms with E-state index in [9.17, 15) is 18.0 Å². The lowest BCUT2D eigenvalue weighted by Crippen LogP contribution is -2.10. The van der Waals surface area contributed by atoms with Crippen LogP contribution in [0.25, 0.3) is 5.57 Å². The highest BCUT2D eigenvalue weighted by molar-refractivity contribution is 14.1. The van der Waals surface area contributed by atoms with E-state index in [1.165, 1.54) is 12.1 Å². The number of hydrogen-bond acceptors (Lipinski definition) is 4. The number of aryl methyl sites for hydroxylation is 1. The molecule has 0 aliphatic heterocycles. The molecule has 0 amide bonds. The Morgan fingerprint density at radius 3 is 2.18 bits per heavy atom. The van der Waals surface area contributed by atoms with E-state index in [1.54, 1.807) is 37.3 Å². The van der Waals surface area contributed by atoms with Crippen molar-refractivity contribution in [1.82, 2.24) is 0 Å². The van der Waals surface area contributed by atoms with Crippen molar-refractivity contribution in [2.75, 3.05) is 13.2 Å². The lowest BCUT2D eigenvalue weighted by molar-refractivity contribution is -0.139. The number of hydrogen-bond donors (Lipinski definition) is 1. The fourth-order valence-electron chi connectivity index (χ4n) is 3.10. The predicted octanol–water partition coefficient (Wildman–Crippen LogP) is 7.19. The van der Waals surface area contributed by atoms with Gasteiger partial charge in [0.15, 0.2) is 6.61 Å². The Labute approximate surface area is 212 Å². The van der Waals surface area contributed by atoms with Gasteiger partial charge < -0.3 is 14.6 Å². The number of carboxylic acids is 1. The van der Waals surface area contributed by atoms with Gasteiger partial charge in [0, 0.05) is 8.47 Å². The smallest absolute Gasteiger partial charge is 0.446 e. The van der Waals surface area contributed by atoms with Crippen molar-refractivity contribution in [1.29, 1.82) is 0 Å². The van der Waals surface area contributed by atoms with Crippen LogP contribution in [0.1, 0.15) is 16.7 Å². The van der Waals surface area contributed by atoms with Crippen molar-refractivity contribution >= 4 is 45.9 Å². The molecular weight excluding hydrogens is 580 g/mol. The molecule has 0 unspecified atom stereocenters. The first-order chi connectivity index (χ1) is 16.1. The van der Waals surface area contributed by atoms with E-state index in [0.717, 1.165) is 25.8 Å². The second-order valence-corrected chi connectivity index (χ2v) is 9.50. The number of carbonyl (C=O) groups is 1. The molecule has 1 N–H and O–H groups in total. The molecule has 0 fully saturated rings. The number of carboxylic acid groups (broad SMARTS) is 1. The monoisotopic (exact) mass is 600 g/mol. The maximum atomic E-state index is 12.7. The van der Waals surface area contributed by atoms with Gasteiger partial charge in [-0.2, -0.15) is 13.2 Å². The molecule has 0 aromatic heterocycles. The molecule has 0 radical (unpaired) electrons. The summed E-state index contributed by atoms with van der Waals surface area (Å²) in [6.07, 6.45) is 1.87. The zero-order chi connectivity index (χ0) is 24.7. The average molecular weight is 600 g/mol. The minimum absolute atomic E-state index is 0.121. The van der Waals surface area contributed by atoms with Crippen LogP contribution < -0.4 is 9.47 Å². The Morgan fingerprint density at radius 2 is 1.62 bits per heavy atom. The molecule has 0 heterocycles. The van der Waals surface area contributed by atoms with E-state index in [0.29, 0.717) is 11.5 Å². The minimum Gasteiger partial charge on any atom is -0.489 e. The molecule has 34 heavy (non-hydrogen) atoms. The van der Waals surface area contributed by atoms with E-state index in [1.807, 2.05) is 30.3 Å². The molecule has 178 valence electrons. The zero-order valence-corrected chi connectivity index (χ0v) is 20.9. The highest BCUT2D eigenvalue weighted by Gasteiger charge is 2.29. The SMILES string of the molecule is Cc1cc(OCC=C(c2ccc(I)cc2)c2ccc(SC(F)(F)F)cc2)ccc1OCC(=O)O. The Kier molecular flexibility index (Phi) is 8.90. The van der Waals surface area contributed by atoms with Crippen LogP contribution in [-0.4, -0.2) is 29.8 Å². The van der Waals surface area contributed by atoms with E-state index < -0.39 is 18.1 Å². The summed E-state index contributed by atoms with van der Waals surface area (Å²) < 4.78 is 50.1. The summed E-state index contributed by atoms with van der Waals surface area (Å²) in [5.74, 6) is -0.0185. The number of ether oxygens (including phenoxy) is 2. The standard InChI is InChI=1S/C25H20F3IO4S/c1-16-14-20(8-11-23(16)33-15-24(30)31)32-13-12-22(17-2-6-19(29)7-3-17)18-4-9-21(10-5-18)34-25(26,27)28/h2-12,14H,13,15H2,1H3,(H,30,31). The Balaban J connectivity index is 1.79. The molecule has 0 aliphatic carbocycles. The second-order valence-electron chi connectivity index (χ2n) is 7.12. The minimum atomic E-state index is -4.34. The number of benzene rings is 3. The van der Waals surface area contributed by atoms with Gasteiger partial charge in [-0.05, 0) is 112 Å². The van der Waals surface area contributed by atoms with Crippen LogP contribution in [0.15, 0.2) is 77.7 Å². The Morgan fingerprint density at radius 1 is 1.00 bits per heavy atom. The zero-order valence-electron chi connectivity index (χ0n) is 17.9. The van der Waals surface area contributed by atoms with Crippen molar-refractivity contribution in [2.24, 2.45) is 0 Å². The van der Waals surface area contributed by atoms with Crippen LogP contribution >= 0.6 is 34.4 Å². The molecular formula is C25H20F3IO4S. The average Bonchev–Trinajstić information content (AvgIpc) is 2.76. The number of rotatable bonds is 9. The molecule has 9 heteroatoms. The summed E-state index contributed by atoms with van der Waals surface area (Å²) in [5.41, 5.74) is -1.09. The van der Waals surface area contributed by atoms with E-state index in [4.69, 9.17) is 14.6 Å². The topological polar surface area (TPSA) is 55.8 Å². The van der Waals surface area contributed by atoms with E-state index in [2.05, 4.69) is 22.6 Å². The third-order valence-electron chi connectivity index (χ3n) is 4.59. The first-order valence-electron chi connectivity index (χ1n) is 10.0. The van der Waals surface area contributed by atoms with Crippen molar-refractivity contribution in [3.05, 3.63) is 93.1 Å². The summed E-state index contributed by atoms with van der Waals surface area (Å²) in [6.45, 7) is 1.58. The maximum Gasteiger partial charge on any atom is 0.446 e. The summed E-state index contributed by atoms with van der Waals surface area (Å²) in [6, 6.07) is 19.1. The highest BCUT2D eigenvalue weighted by atomic mass is 127. The predicted molar refractivity (Wildman–Crippen MR) is 134 cm³/mol. The van der Waals surface area contributed by atoms with Gasteiger partial charge in [0.05, 0.1) is 0 Å². The quantitative estimate of drug-likeness (QED) is 0.208. The summed E-state index contributed by atoms with van der Waals surface area (Å²) in [7, 11) is 0. The van der Waals surface area contributed by atoms with Crippen molar-refractivity contribution in [3.8, 4) is 11.5 Å². The van der Waals surface area contributed by atoms with Gasteiger partial charge >= 0.3 is 11.5 Å². The number of thioether (sulfide) groups is 1. The largest absolute Gasteiger partial charge is 0.489 e. The van der Waals surface area contributed by atoms with Crippen molar-refractivity contribution < 1.29 is 32.5 Å². The summed E-state index contributed by atoms with van der Waals surface area (Å²) >= 11 is 2.06. The molecule has 3 aromatic carbocycles. The molecule has 0 saturated heterocycles. The summed E-state index contributed by atoms with van der Waals surface area (Å²) in [4.78, 5) is 10.8. The fraction of sp³-hybridized carbons (Fsp3) is 0.160. The third-order valence-corrected chi connectivity index (χ3v) is 6.05. The van der Waals surface area contributed by atoms with Crippen LogP contribution in [0.2, 0.25) is 0 Å². The third kappa shape index (κ3) is 7.98. The van der Waals surface area contributed by atoms with Gasteiger partial charge in [-0.25, -0.2) is 4.79 Å². The molecule has 0 saturated carbocycles. The lowest BCUT2D eigenvalue weighted by atomic mass is 9.98. The van der Waals surface area contributed by atoms with Crippen LogP contribution in [0.5, 0.6) is 11.5 Å². The normalized spacial score (nSPS) is 11.9. The molecule has 0 aliphatic rings. The molecule has 0 bridgehead atoms. The van der Waals surface area contributed by atoms with E-state index in [-0.39, 0.29) is 23.3 Å². The number of aliphatic carboxylic acids is 1. The van der Waals surface area contributed by atoms with Gasteiger partial charge in [-0.3, -0.25) is 0 Å². The Bertz CT molecular complexity index is 1160. The maximum absolute atomic E-state index is 12.7. The van der Waals surface area contributed by atoms with Crippen LogP contribution in [-0.2, 0) is 4.79 Å². The summed E-state index contributed by atoms with van der Waals surface area (Å²) in [5, 5.41) is 8.75. The van der Waals surface area contributed by atoms with Gasteiger partial charge in [-0.1, -0.05) is 24.3 Å². The van der Waals surface area contributed by atoms with Crippen LogP contribution in [0, 0.1) is 10.5 Å². The van der Waals surface area contributed by atoms with Gasteiger partial charge in [-0.15, -0.1) is 0 Å². The van der Waals surface area contributed by atoms with Crippen LogP contribution in [0.4, 0.5) is 13.2 Å². The van der Waals surface area contributed by atoms with E-state index >= 15 is 0 Å². The molecule has 3 aromatic rings. The van der Waals surface area contributed by atoms with Gasteiger partial charge in [0.2, 0.25) is 0 Å². The first-order valence-corrected chi connectivity index (χ1v) is 11.9. The molecule has 4 nitrogen and oxygen atoms in total. The number of alkyl halides is 3. The molecule has 0 spiro atoms. The van der Waals surface area contributed by atoms with Crippen LogP contribution in [0.3, 0.4) is 0 Å². The fourth-order valence-corrected chi connectivity index (χ4v) is 4.00. The lowest BCUT2D eigenvalue weighted by Gasteiger charge is -2.12. The van der Waals surface area contributed by atoms with Gasteiger partial charge in [0.25, 0.3) is 0 Å². The highest BCUT2D eigenvalue weighted by Crippen LogP contribution is 2.37. The molecule has 0 atom stereocenters. The molecule has 3 rings (SSSR count).